The van der Waals surface area contributed by atoms with E-state index in [1.54, 1.807) is 24.3 Å². The minimum atomic E-state index is -1.37. The third-order valence-electron chi connectivity index (χ3n) is 5.09. The number of nitrogens with one attached hydrogen (secondary N) is 3. The molecule has 0 radical (unpaired) electrons. The van der Waals surface area contributed by atoms with Crippen LogP contribution in [-0.4, -0.2) is 64.6 Å². The molecule has 1 aromatic rings. The van der Waals surface area contributed by atoms with Gasteiger partial charge in [0.05, 0.1) is 6.04 Å². The molecule has 12 heteroatoms. The molecule has 194 valence electrons. The average molecular weight is 510 g/mol. The Morgan fingerprint density at radius 1 is 0.914 bits per heavy atom. The minimum Gasteiger partial charge on any atom is -0.480 e. The molecule has 0 aliphatic heterocycles. The van der Waals surface area contributed by atoms with E-state index in [0.29, 0.717) is 6.42 Å². The Balaban J connectivity index is 2.96. The van der Waals surface area contributed by atoms with Crippen molar-refractivity contribution in [2.45, 2.75) is 63.7 Å². The molecule has 8 N–H and O–H groups in total. The van der Waals surface area contributed by atoms with Crippen molar-refractivity contribution < 1.29 is 29.1 Å². The van der Waals surface area contributed by atoms with E-state index < -0.39 is 53.8 Å². The number of carboxylic acid groups (broad SMARTS) is 1. The lowest BCUT2D eigenvalue weighted by molar-refractivity contribution is -0.142. The van der Waals surface area contributed by atoms with E-state index in [4.69, 9.17) is 11.5 Å². The quantitative estimate of drug-likeness (QED) is 0.152. The van der Waals surface area contributed by atoms with E-state index in [2.05, 4.69) is 28.6 Å². The van der Waals surface area contributed by atoms with E-state index in [-0.39, 0.29) is 30.9 Å². The lowest BCUT2D eigenvalue weighted by Gasteiger charge is -2.25. The van der Waals surface area contributed by atoms with Gasteiger partial charge >= 0.3 is 5.97 Å². The van der Waals surface area contributed by atoms with E-state index in [1.807, 2.05) is 19.9 Å². The highest BCUT2D eigenvalue weighted by Gasteiger charge is 2.30. The molecule has 0 aromatic heterocycles. The Kier molecular flexibility index (Phi) is 12.8. The first-order valence-electron chi connectivity index (χ1n) is 11.3. The monoisotopic (exact) mass is 509 g/mol. The number of hydrogen-bond donors (Lipinski definition) is 7. The molecule has 0 aliphatic rings. The molecule has 0 fully saturated rings. The van der Waals surface area contributed by atoms with Crippen LogP contribution in [0.2, 0.25) is 0 Å². The van der Waals surface area contributed by atoms with Crippen LogP contribution in [-0.2, 0) is 30.4 Å². The van der Waals surface area contributed by atoms with Crippen molar-refractivity contribution in [3.05, 3.63) is 35.9 Å². The molecule has 1 aromatic carbocycles. The SMILES string of the molecule is CC(C)CC(N)C(=O)NC(Cc1ccccc1)C(=O)NC(CS)C(=O)NC(CCC(N)=O)C(=O)O. The zero-order valence-electron chi connectivity index (χ0n) is 19.9. The molecule has 4 amide bonds. The third-order valence-corrected chi connectivity index (χ3v) is 5.45. The van der Waals surface area contributed by atoms with Crippen molar-refractivity contribution in [1.82, 2.24) is 16.0 Å². The van der Waals surface area contributed by atoms with Crippen LogP contribution in [0, 0.1) is 5.92 Å². The van der Waals surface area contributed by atoms with Crippen molar-refractivity contribution in [2.75, 3.05) is 5.75 Å². The number of carbonyl (C=O) groups excluding carboxylic acids is 4. The van der Waals surface area contributed by atoms with E-state index in [0.717, 1.165) is 5.56 Å². The van der Waals surface area contributed by atoms with Gasteiger partial charge in [-0.3, -0.25) is 19.2 Å². The maximum absolute atomic E-state index is 13.1. The molecular formula is C23H35N5O6S. The van der Waals surface area contributed by atoms with Gasteiger partial charge in [-0.25, -0.2) is 4.79 Å². The Labute approximate surface area is 210 Å². The number of carboxylic acids is 1. The molecule has 0 saturated carbocycles. The number of hydrogen-bond acceptors (Lipinski definition) is 7. The van der Waals surface area contributed by atoms with Gasteiger partial charge in [-0.15, -0.1) is 0 Å². The number of carbonyl (C=O) groups is 5. The molecule has 0 bridgehead atoms. The second kappa shape index (κ2) is 15.0. The molecule has 4 unspecified atom stereocenters. The maximum Gasteiger partial charge on any atom is 0.326 e. The molecule has 1 rings (SSSR count). The summed E-state index contributed by atoms with van der Waals surface area (Å²) in [5.41, 5.74) is 11.8. The summed E-state index contributed by atoms with van der Waals surface area (Å²) in [5, 5.41) is 16.8. The van der Waals surface area contributed by atoms with E-state index in [1.165, 1.54) is 0 Å². The number of rotatable bonds is 15. The molecule has 0 aliphatic carbocycles. The fourth-order valence-corrected chi connectivity index (χ4v) is 3.49. The van der Waals surface area contributed by atoms with Crippen LogP contribution in [0.4, 0.5) is 0 Å². The smallest absolute Gasteiger partial charge is 0.326 e. The zero-order valence-corrected chi connectivity index (χ0v) is 20.8. The summed E-state index contributed by atoms with van der Waals surface area (Å²) in [4.78, 5) is 60.7. The average Bonchev–Trinajstić information content (AvgIpc) is 2.79. The van der Waals surface area contributed by atoms with Crippen LogP contribution in [0.3, 0.4) is 0 Å². The van der Waals surface area contributed by atoms with Crippen molar-refractivity contribution in [3.63, 3.8) is 0 Å². The molecule has 0 heterocycles. The second-order valence-corrected chi connectivity index (χ2v) is 9.00. The van der Waals surface area contributed by atoms with Gasteiger partial charge in [0.25, 0.3) is 0 Å². The van der Waals surface area contributed by atoms with Crippen LogP contribution in [0.5, 0.6) is 0 Å². The van der Waals surface area contributed by atoms with E-state index in [9.17, 15) is 29.1 Å². The molecule has 35 heavy (non-hydrogen) atoms. The first-order valence-corrected chi connectivity index (χ1v) is 11.9. The number of amides is 4. The van der Waals surface area contributed by atoms with Crippen molar-refractivity contribution in [2.24, 2.45) is 17.4 Å². The van der Waals surface area contributed by atoms with Gasteiger partial charge in [-0.05, 0) is 24.3 Å². The number of primary amides is 1. The summed E-state index contributed by atoms with van der Waals surface area (Å²) in [6.07, 6.45) is 0.125. The third kappa shape index (κ3) is 11.2. The van der Waals surface area contributed by atoms with Gasteiger partial charge in [0, 0.05) is 18.6 Å². The number of aliphatic carboxylic acids is 1. The highest BCUT2D eigenvalue weighted by atomic mass is 32.1. The van der Waals surface area contributed by atoms with Gasteiger partial charge in [0.1, 0.15) is 18.1 Å². The van der Waals surface area contributed by atoms with Crippen LogP contribution < -0.4 is 27.4 Å². The Bertz CT molecular complexity index is 882. The summed E-state index contributed by atoms with van der Waals surface area (Å²) in [5.74, 6) is -3.98. The first kappa shape index (κ1) is 29.9. The van der Waals surface area contributed by atoms with Gasteiger partial charge < -0.3 is 32.5 Å². The normalized spacial score (nSPS) is 14.3. The summed E-state index contributed by atoms with van der Waals surface area (Å²) in [6, 6.07) is 4.56. The fraction of sp³-hybridized carbons (Fsp3) is 0.522. The number of nitrogens with two attached hydrogens (primary N) is 2. The highest BCUT2D eigenvalue weighted by molar-refractivity contribution is 7.80. The predicted octanol–water partition coefficient (Wildman–Crippen LogP) is -0.663. The maximum atomic E-state index is 13.1. The number of thiol groups is 1. The van der Waals surface area contributed by atoms with Crippen molar-refractivity contribution >= 4 is 42.2 Å². The minimum absolute atomic E-state index is 0.140. The zero-order chi connectivity index (χ0) is 26.5. The Morgan fingerprint density at radius 2 is 1.46 bits per heavy atom. The first-order chi connectivity index (χ1) is 16.4. The Hall–Kier alpha value is -3.12. The highest BCUT2D eigenvalue weighted by Crippen LogP contribution is 2.07. The molecular weight excluding hydrogens is 474 g/mol. The lowest BCUT2D eigenvalue weighted by Crippen LogP contribution is -2.58. The van der Waals surface area contributed by atoms with E-state index >= 15 is 0 Å². The van der Waals surface area contributed by atoms with Crippen LogP contribution in [0.25, 0.3) is 0 Å². The van der Waals surface area contributed by atoms with Crippen LogP contribution >= 0.6 is 12.6 Å². The second-order valence-electron chi connectivity index (χ2n) is 8.64. The summed E-state index contributed by atoms with van der Waals surface area (Å²) >= 11 is 4.09. The largest absolute Gasteiger partial charge is 0.480 e. The standard InChI is InChI=1S/C23H35N5O6S/c1-13(2)10-15(24)20(30)27-17(11-14-6-4-3-5-7-14)21(31)28-18(12-35)22(32)26-16(23(33)34)8-9-19(25)29/h3-7,13,15-18,35H,8-12,24H2,1-2H3,(H2,25,29)(H,26,32)(H,27,30)(H,28,31)(H,33,34). The summed E-state index contributed by atoms with van der Waals surface area (Å²) in [7, 11) is 0. The molecule has 0 spiro atoms. The predicted molar refractivity (Wildman–Crippen MR) is 133 cm³/mol. The molecule has 4 atom stereocenters. The summed E-state index contributed by atoms with van der Waals surface area (Å²) < 4.78 is 0. The van der Waals surface area contributed by atoms with Gasteiger partial charge in [-0.2, -0.15) is 12.6 Å². The topological polar surface area (TPSA) is 194 Å². The Morgan fingerprint density at radius 3 is 1.97 bits per heavy atom. The number of benzene rings is 1. The van der Waals surface area contributed by atoms with Crippen molar-refractivity contribution in [1.29, 1.82) is 0 Å². The van der Waals surface area contributed by atoms with Gasteiger partial charge in [0.2, 0.25) is 23.6 Å². The van der Waals surface area contributed by atoms with Crippen LogP contribution in [0.15, 0.2) is 30.3 Å². The van der Waals surface area contributed by atoms with Crippen LogP contribution in [0.1, 0.15) is 38.7 Å². The summed E-state index contributed by atoms with van der Waals surface area (Å²) in [6.45, 7) is 3.84. The molecule has 0 saturated heterocycles. The lowest BCUT2D eigenvalue weighted by atomic mass is 10.0. The fourth-order valence-electron chi connectivity index (χ4n) is 3.24. The van der Waals surface area contributed by atoms with Gasteiger partial charge in [0.15, 0.2) is 0 Å². The van der Waals surface area contributed by atoms with Crippen molar-refractivity contribution in [3.8, 4) is 0 Å². The molecule has 11 nitrogen and oxygen atoms in total. The van der Waals surface area contributed by atoms with Gasteiger partial charge in [-0.1, -0.05) is 44.2 Å².